The van der Waals surface area contributed by atoms with Gasteiger partial charge in [0.2, 0.25) is 0 Å². The Kier molecular flexibility index (Phi) is 3.40. The van der Waals surface area contributed by atoms with E-state index in [0.717, 1.165) is 18.5 Å². The Hall–Kier alpha value is -0.860. The molecule has 0 radical (unpaired) electrons. The van der Waals surface area contributed by atoms with Crippen LogP contribution in [0.3, 0.4) is 0 Å². The maximum atomic E-state index is 3.64. The zero-order valence-corrected chi connectivity index (χ0v) is 11.5. The molecule has 1 aliphatic carbocycles. The van der Waals surface area contributed by atoms with Crippen LogP contribution in [0.5, 0.6) is 0 Å². The highest BCUT2D eigenvalue weighted by Crippen LogP contribution is 2.36. The first-order valence-corrected chi connectivity index (χ1v) is 7.25. The summed E-state index contributed by atoms with van der Waals surface area (Å²) in [5, 5.41) is 3.64. The molecule has 2 fully saturated rings. The molecule has 1 heterocycles. The molecule has 3 rings (SSSR count). The number of nitrogens with zero attached hydrogens (tertiary/aromatic N) is 1. The van der Waals surface area contributed by atoms with Gasteiger partial charge in [-0.05, 0) is 38.2 Å². The summed E-state index contributed by atoms with van der Waals surface area (Å²) >= 11 is 0. The summed E-state index contributed by atoms with van der Waals surface area (Å²) in [6.45, 7) is 7.97. The minimum Gasteiger partial charge on any atom is -0.311 e. The average molecular weight is 244 g/mol. The lowest BCUT2D eigenvalue weighted by molar-refractivity contribution is 0.112. The first kappa shape index (κ1) is 12.2. The Morgan fingerprint density at radius 3 is 2.89 bits per heavy atom. The molecule has 98 valence electrons. The second-order valence-electron chi connectivity index (χ2n) is 6.13. The molecule has 2 heteroatoms. The van der Waals surface area contributed by atoms with Crippen molar-refractivity contribution in [3.63, 3.8) is 0 Å². The fraction of sp³-hybridized carbons (Fsp3) is 0.625. The van der Waals surface area contributed by atoms with Crippen LogP contribution in [0, 0.1) is 12.8 Å². The van der Waals surface area contributed by atoms with Crippen LogP contribution in [0.15, 0.2) is 24.3 Å². The van der Waals surface area contributed by atoms with Crippen molar-refractivity contribution >= 4 is 0 Å². The number of benzene rings is 1. The van der Waals surface area contributed by atoms with E-state index in [-0.39, 0.29) is 0 Å². The van der Waals surface area contributed by atoms with Crippen molar-refractivity contribution in [3.8, 4) is 0 Å². The fourth-order valence-electron chi connectivity index (χ4n) is 3.18. The maximum Gasteiger partial charge on any atom is 0.0253 e. The Bertz CT molecular complexity index is 411. The third-order valence-electron chi connectivity index (χ3n) is 4.29. The molecule has 18 heavy (non-hydrogen) atoms. The smallest absolute Gasteiger partial charge is 0.0253 e. The zero-order chi connectivity index (χ0) is 12.5. The highest BCUT2D eigenvalue weighted by Gasteiger charge is 2.37. The summed E-state index contributed by atoms with van der Waals surface area (Å²) in [7, 11) is 0. The lowest BCUT2D eigenvalue weighted by atomic mass is 10.0. The van der Waals surface area contributed by atoms with Crippen LogP contribution in [0.1, 0.15) is 30.9 Å². The van der Waals surface area contributed by atoms with Gasteiger partial charge in [-0.1, -0.05) is 29.8 Å². The minimum atomic E-state index is 0.629. The minimum absolute atomic E-state index is 0.629. The summed E-state index contributed by atoms with van der Waals surface area (Å²) in [5.41, 5.74) is 2.84. The molecule has 1 saturated heterocycles. The van der Waals surface area contributed by atoms with E-state index in [0.29, 0.717) is 6.04 Å². The molecule has 1 aliphatic heterocycles. The highest BCUT2D eigenvalue weighted by atomic mass is 15.2. The van der Waals surface area contributed by atoms with Gasteiger partial charge in [-0.15, -0.1) is 0 Å². The Balaban J connectivity index is 1.71. The van der Waals surface area contributed by atoms with Crippen LogP contribution in [0.25, 0.3) is 0 Å². The largest absolute Gasteiger partial charge is 0.311 e. The molecular weight excluding hydrogens is 220 g/mol. The van der Waals surface area contributed by atoms with Crippen molar-refractivity contribution in [2.24, 2.45) is 5.92 Å². The molecule has 0 spiro atoms. The first-order valence-electron chi connectivity index (χ1n) is 7.25. The van der Waals surface area contributed by atoms with Crippen LogP contribution >= 0.6 is 0 Å². The molecule has 2 atom stereocenters. The van der Waals surface area contributed by atoms with Gasteiger partial charge >= 0.3 is 0 Å². The number of hydrogen-bond donors (Lipinski definition) is 1. The van der Waals surface area contributed by atoms with E-state index in [1.165, 1.54) is 37.1 Å². The summed E-state index contributed by atoms with van der Waals surface area (Å²) in [4.78, 5) is 2.70. The number of nitrogens with one attached hydrogen (secondary N) is 1. The summed E-state index contributed by atoms with van der Waals surface area (Å²) in [5.74, 6) is 0.954. The summed E-state index contributed by atoms with van der Waals surface area (Å²) < 4.78 is 0. The average Bonchev–Trinajstić information content (AvgIpc) is 3.13. The third kappa shape index (κ3) is 2.76. The number of rotatable bonds is 3. The van der Waals surface area contributed by atoms with Gasteiger partial charge < -0.3 is 5.32 Å². The monoisotopic (exact) mass is 244 g/mol. The van der Waals surface area contributed by atoms with Crippen LogP contribution < -0.4 is 5.32 Å². The van der Waals surface area contributed by atoms with Crippen molar-refractivity contribution in [1.82, 2.24) is 10.2 Å². The van der Waals surface area contributed by atoms with Gasteiger partial charge in [0.05, 0.1) is 0 Å². The highest BCUT2D eigenvalue weighted by molar-refractivity contribution is 5.22. The predicted molar refractivity (Wildman–Crippen MR) is 75.6 cm³/mol. The molecule has 0 aromatic heterocycles. The lowest BCUT2D eigenvalue weighted by Crippen LogP contribution is -2.55. The van der Waals surface area contributed by atoms with Crippen LogP contribution in [0.2, 0.25) is 0 Å². The number of hydrogen-bond acceptors (Lipinski definition) is 2. The van der Waals surface area contributed by atoms with Crippen molar-refractivity contribution in [2.75, 3.05) is 13.1 Å². The molecule has 1 N–H and O–H groups in total. The molecule has 1 aromatic carbocycles. The maximum absolute atomic E-state index is 3.64. The molecule has 0 amide bonds. The van der Waals surface area contributed by atoms with E-state index in [9.17, 15) is 0 Å². The van der Waals surface area contributed by atoms with E-state index in [4.69, 9.17) is 0 Å². The van der Waals surface area contributed by atoms with Gasteiger partial charge in [0.15, 0.2) is 0 Å². The van der Waals surface area contributed by atoms with Crippen molar-refractivity contribution in [1.29, 1.82) is 0 Å². The molecular formula is C16H24N2. The van der Waals surface area contributed by atoms with Gasteiger partial charge in [-0.2, -0.15) is 0 Å². The van der Waals surface area contributed by atoms with Crippen molar-refractivity contribution in [3.05, 3.63) is 35.4 Å². The standard InChI is InChI=1S/C16H24N2/c1-12-4-3-5-14(8-12)11-18-10-13(2)17-9-16(18)15-6-7-15/h3-5,8,13,15-17H,6-7,9-11H2,1-2H3. The topological polar surface area (TPSA) is 15.3 Å². The second kappa shape index (κ2) is 5.02. The normalized spacial score (nSPS) is 29.4. The van der Waals surface area contributed by atoms with E-state index < -0.39 is 0 Å². The predicted octanol–water partition coefficient (Wildman–Crippen LogP) is 2.57. The van der Waals surface area contributed by atoms with Crippen LogP contribution in [0.4, 0.5) is 0 Å². The molecule has 0 bridgehead atoms. The van der Waals surface area contributed by atoms with Gasteiger partial charge in [0.1, 0.15) is 0 Å². The van der Waals surface area contributed by atoms with E-state index in [2.05, 4.69) is 48.3 Å². The summed E-state index contributed by atoms with van der Waals surface area (Å²) in [6.07, 6.45) is 2.87. The van der Waals surface area contributed by atoms with E-state index in [1.807, 2.05) is 0 Å². The molecule has 2 aliphatic rings. The van der Waals surface area contributed by atoms with Crippen molar-refractivity contribution < 1.29 is 0 Å². The quantitative estimate of drug-likeness (QED) is 0.879. The SMILES string of the molecule is Cc1cccc(CN2CC(C)NCC2C2CC2)c1. The molecule has 1 saturated carbocycles. The zero-order valence-electron chi connectivity index (χ0n) is 11.5. The van der Waals surface area contributed by atoms with Gasteiger partial charge in [0.25, 0.3) is 0 Å². The first-order chi connectivity index (χ1) is 8.72. The fourth-order valence-corrected chi connectivity index (χ4v) is 3.18. The molecule has 1 aromatic rings. The van der Waals surface area contributed by atoms with E-state index in [1.54, 1.807) is 0 Å². The molecule has 2 unspecified atom stereocenters. The van der Waals surface area contributed by atoms with E-state index >= 15 is 0 Å². The molecule has 2 nitrogen and oxygen atoms in total. The second-order valence-corrected chi connectivity index (χ2v) is 6.13. The van der Waals surface area contributed by atoms with Gasteiger partial charge in [0, 0.05) is 31.7 Å². The summed E-state index contributed by atoms with van der Waals surface area (Å²) in [6, 6.07) is 10.4. The Morgan fingerprint density at radius 1 is 1.33 bits per heavy atom. The van der Waals surface area contributed by atoms with Crippen LogP contribution in [-0.2, 0) is 6.54 Å². The van der Waals surface area contributed by atoms with Crippen molar-refractivity contribution in [2.45, 2.75) is 45.3 Å². The van der Waals surface area contributed by atoms with Gasteiger partial charge in [-0.3, -0.25) is 4.90 Å². The Labute approximate surface area is 110 Å². The van der Waals surface area contributed by atoms with Crippen LogP contribution in [-0.4, -0.2) is 30.1 Å². The lowest BCUT2D eigenvalue weighted by Gasteiger charge is -2.39. The van der Waals surface area contributed by atoms with Gasteiger partial charge in [-0.25, -0.2) is 0 Å². The number of aryl methyl sites for hydroxylation is 1. The Morgan fingerprint density at radius 2 is 2.17 bits per heavy atom. The third-order valence-corrected chi connectivity index (χ3v) is 4.29. The number of piperazine rings is 1.